The molecule has 0 aliphatic heterocycles. The maximum absolute atomic E-state index is 13.9. The maximum atomic E-state index is 13.9. The molecular formula is C12H9F4NO3. The molecule has 1 aromatic carbocycles. The highest BCUT2D eigenvalue weighted by molar-refractivity contribution is 5.73. The minimum Gasteiger partial charge on any atom is -0.466 e. The van der Waals surface area contributed by atoms with Gasteiger partial charge in [0, 0.05) is 5.56 Å². The lowest BCUT2D eigenvalue weighted by atomic mass is 10.1. The van der Waals surface area contributed by atoms with Crippen molar-refractivity contribution in [1.82, 2.24) is 0 Å². The van der Waals surface area contributed by atoms with E-state index in [9.17, 15) is 22.4 Å². The minimum absolute atomic E-state index is 0.0582. The monoisotopic (exact) mass is 291 g/mol. The Bertz CT molecular complexity index is 549. The van der Waals surface area contributed by atoms with Gasteiger partial charge in [0.15, 0.2) is 11.6 Å². The molecule has 0 amide bonds. The topological polar surface area (TPSA) is 59.3 Å². The molecule has 1 rings (SSSR count). The molecule has 0 fully saturated rings. The van der Waals surface area contributed by atoms with Crippen LogP contribution in [-0.2, 0) is 16.0 Å². The minimum atomic E-state index is -5.14. The smallest absolute Gasteiger partial charge is 0.466 e. The number of alkyl halides is 3. The van der Waals surface area contributed by atoms with Crippen LogP contribution < -0.4 is 4.74 Å². The van der Waals surface area contributed by atoms with Crippen LogP contribution in [0.5, 0.6) is 5.75 Å². The highest BCUT2D eigenvalue weighted by Crippen LogP contribution is 2.31. The van der Waals surface area contributed by atoms with Crippen LogP contribution in [0.2, 0.25) is 0 Å². The number of rotatable bonds is 4. The van der Waals surface area contributed by atoms with Crippen molar-refractivity contribution in [2.24, 2.45) is 0 Å². The lowest BCUT2D eigenvalue weighted by Gasteiger charge is -2.13. The molecule has 0 saturated carbocycles. The van der Waals surface area contributed by atoms with Gasteiger partial charge in [-0.15, -0.1) is 13.2 Å². The van der Waals surface area contributed by atoms with Crippen LogP contribution in [0.25, 0.3) is 0 Å². The summed E-state index contributed by atoms with van der Waals surface area (Å²) in [5.41, 5.74) is -0.964. The second kappa shape index (κ2) is 6.23. The van der Waals surface area contributed by atoms with Crippen LogP contribution in [0.15, 0.2) is 12.1 Å². The van der Waals surface area contributed by atoms with Gasteiger partial charge < -0.3 is 9.47 Å². The standard InChI is InChI=1S/C12H9F4NO3/c1-2-19-9(18)5-7-3-4-8(6-17)11(10(7)13)20-12(14,15)16/h3-4H,2,5H2,1H3. The number of benzene rings is 1. The number of ether oxygens (including phenoxy) is 2. The molecule has 0 saturated heterocycles. The third-order valence-electron chi connectivity index (χ3n) is 2.16. The molecule has 0 aliphatic carbocycles. The molecule has 0 heterocycles. The molecule has 4 nitrogen and oxygen atoms in total. The Morgan fingerprint density at radius 2 is 2.05 bits per heavy atom. The molecule has 0 aliphatic rings. The van der Waals surface area contributed by atoms with Gasteiger partial charge in [0.25, 0.3) is 0 Å². The average molecular weight is 291 g/mol. The molecule has 0 N–H and O–H groups in total. The molecule has 108 valence electrons. The lowest BCUT2D eigenvalue weighted by molar-refractivity contribution is -0.275. The lowest BCUT2D eigenvalue weighted by Crippen LogP contribution is -2.19. The van der Waals surface area contributed by atoms with E-state index in [0.717, 1.165) is 12.1 Å². The van der Waals surface area contributed by atoms with Crippen LogP contribution >= 0.6 is 0 Å². The van der Waals surface area contributed by atoms with Gasteiger partial charge in [0.2, 0.25) is 0 Å². The molecule has 0 unspecified atom stereocenters. The Hall–Kier alpha value is -2.30. The van der Waals surface area contributed by atoms with E-state index in [1.807, 2.05) is 0 Å². The van der Waals surface area contributed by atoms with E-state index in [-0.39, 0.29) is 12.2 Å². The normalized spacial score (nSPS) is 10.8. The second-order valence-corrected chi connectivity index (χ2v) is 3.56. The van der Waals surface area contributed by atoms with Crippen molar-refractivity contribution in [2.75, 3.05) is 6.61 Å². The van der Waals surface area contributed by atoms with Crippen molar-refractivity contribution in [2.45, 2.75) is 19.7 Å². The van der Waals surface area contributed by atoms with Gasteiger partial charge in [-0.3, -0.25) is 4.79 Å². The molecule has 0 bridgehead atoms. The summed E-state index contributed by atoms with van der Waals surface area (Å²) in [5, 5.41) is 8.64. The van der Waals surface area contributed by atoms with Gasteiger partial charge in [0.1, 0.15) is 6.07 Å². The van der Waals surface area contributed by atoms with Gasteiger partial charge >= 0.3 is 12.3 Å². The van der Waals surface area contributed by atoms with Gasteiger partial charge in [-0.05, 0) is 13.0 Å². The predicted octanol–water partition coefficient (Wildman–Crippen LogP) is 2.70. The highest BCUT2D eigenvalue weighted by Gasteiger charge is 2.34. The Morgan fingerprint density at radius 1 is 1.40 bits per heavy atom. The molecule has 1 aromatic rings. The predicted molar refractivity (Wildman–Crippen MR) is 58.1 cm³/mol. The van der Waals surface area contributed by atoms with Crippen molar-refractivity contribution in [3.05, 3.63) is 29.1 Å². The zero-order chi connectivity index (χ0) is 15.3. The summed E-state index contributed by atoms with van der Waals surface area (Å²) in [6, 6.07) is 3.36. The molecular weight excluding hydrogens is 282 g/mol. The van der Waals surface area contributed by atoms with Crippen LogP contribution in [0, 0.1) is 17.1 Å². The quantitative estimate of drug-likeness (QED) is 0.632. The Morgan fingerprint density at radius 3 is 2.55 bits per heavy atom. The maximum Gasteiger partial charge on any atom is 0.573 e. The van der Waals surface area contributed by atoms with Crippen molar-refractivity contribution in [3.63, 3.8) is 0 Å². The third-order valence-corrected chi connectivity index (χ3v) is 2.16. The van der Waals surface area contributed by atoms with E-state index in [1.54, 1.807) is 0 Å². The summed E-state index contributed by atoms with van der Waals surface area (Å²) in [6.45, 7) is 1.59. The molecule has 8 heteroatoms. The first-order chi connectivity index (χ1) is 9.28. The summed E-state index contributed by atoms with van der Waals surface area (Å²) in [7, 11) is 0. The Balaban J connectivity index is 3.15. The zero-order valence-electron chi connectivity index (χ0n) is 10.3. The number of halogens is 4. The fraction of sp³-hybridized carbons (Fsp3) is 0.333. The Labute approximate surface area is 111 Å². The SMILES string of the molecule is CCOC(=O)Cc1ccc(C#N)c(OC(F)(F)F)c1F. The van der Waals surface area contributed by atoms with E-state index in [0.29, 0.717) is 0 Å². The van der Waals surface area contributed by atoms with Crippen LogP contribution in [-0.4, -0.2) is 18.9 Å². The van der Waals surface area contributed by atoms with E-state index in [2.05, 4.69) is 9.47 Å². The summed E-state index contributed by atoms with van der Waals surface area (Å²) in [6.07, 6.45) is -5.70. The largest absolute Gasteiger partial charge is 0.573 e. The number of hydrogen-bond donors (Lipinski definition) is 0. The highest BCUT2D eigenvalue weighted by atomic mass is 19.4. The first-order valence-electron chi connectivity index (χ1n) is 5.41. The van der Waals surface area contributed by atoms with Crippen molar-refractivity contribution < 1.29 is 31.8 Å². The van der Waals surface area contributed by atoms with Crippen LogP contribution in [0.3, 0.4) is 0 Å². The molecule has 0 radical (unpaired) electrons. The van der Waals surface area contributed by atoms with E-state index in [4.69, 9.17) is 5.26 Å². The van der Waals surface area contributed by atoms with Gasteiger partial charge in [0.05, 0.1) is 18.6 Å². The van der Waals surface area contributed by atoms with Crippen molar-refractivity contribution in [3.8, 4) is 11.8 Å². The molecule has 0 spiro atoms. The van der Waals surface area contributed by atoms with Crippen molar-refractivity contribution in [1.29, 1.82) is 5.26 Å². The molecule has 0 atom stereocenters. The fourth-order valence-electron chi connectivity index (χ4n) is 1.40. The first kappa shape index (κ1) is 15.8. The van der Waals surface area contributed by atoms with Crippen LogP contribution in [0.1, 0.15) is 18.1 Å². The number of carbonyl (C=O) groups is 1. The molecule has 20 heavy (non-hydrogen) atoms. The van der Waals surface area contributed by atoms with E-state index >= 15 is 0 Å². The summed E-state index contributed by atoms with van der Waals surface area (Å²) in [4.78, 5) is 11.2. The number of carbonyl (C=O) groups excluding carboxylic acids is 1. The van der Waals surface area contributed by atoms with Gasteiger partial charge in [-0.1, -0.05) is 6.07 Å². The van der Waals surface area contributed by atoms with Gasteiger partial charge in [-0.25, -0.2) is 4.39 Å². The third kappa shape index (κ3) is 4.12. The van der Waals surface area contributed by atoms with Crippen LogP contribution in [0.4, 0.5) is 17.6 Å². The first-order valence-corrected chi connectivity index (χ1v) is 5.41. The molecule has 0 aromatic heterocycles. The number of nitriles is 1. The summed E-state index contributed by atoms with van der Waals surface area (Å²) < 4.78 is 58.4. The second-order valence-electron chi connectivity index (χ2n) is 3.56. The average Bonchev–Trinajstić information content (AvgIpc) is 2.33. The van der Waals surface area contributed by atoms with E-state index in [1.165, 1.54) is 13.0 Å². The van der Waals surface area contributed by atoms with Crippen molar-refractivity contribution >= 4 is 5.97 Å². The van der Waals surface area contributed by atoms with E-state index < -0.39 is 35.9 Å². The number of esters is 1. The fourth-order valence-corrected chi connectivity index (χ4v) is 1.40. The zero-order valence-corrected chi connectivity index (χ0v) is 10.3. The van der Waals surface area contributed by atoms with Gasteiger partial charge in [-0.2, -0.15) is 5.26 Å². The summed E-state index contributed by atoms with van der Waals surface area (Å²) in [5.74, 6) is -3.45. The number of hydrogen-bond acceptors (Lipinski definition) is 4. The number of nitrogens with zero attached hydrogens (tertiary/aromatic N) is 1. The Kier molecular flexibility index (Phi) is 4.91. The summed E-state index contributed by atoms with van der Waals surface area (Å²) >= 11 is 0.